The highest BCUT2D eigenvalue weighted by molar-refractivity contribution is 14.1. The molecule has 0 bridgehead atoms. The molecule has 2 N–H and O–H groups in total. The third-order valence-electron chi connectivity index (χ3n) is 3.03. The number of halogens is 2. The zero-order valence-electron chi connectivity index (χ0n) is 10.4. The number of aliphatic carboxylic acids is 1. The van der Waals surface area contributed by atoms with Gasteiger partial charge in [0.2, 0.25) is 0 Å². The summed E-state index contributed by atoms with van der Waals surface area (Å²) in [5, 5.41) is 19.0. The van der Waals surface area contributed by atoms with Crippen LogP contribution in [-0.2, 0) is 11.2 Å². The summed E-state index contributed by atoms with van der Waals surface area (Å²) in [6, 6.07) is 12.5. The van der Waals surface area contributed by atoms with Crippen LogP contribution in [0, 0.1) is 7.14 Å². The molecule has 0 saturated carbocycles. The van der Waals surface area contributed by atoms with Gasteiger partial charge >= 0.3 is 5.97 Å². The predicted molar refractivity (Wildman–Crippen MR) is 94.1 cm³/mol. The van der Waals surface area contributed by atoms with Crippen molar-refractivity contribution in [2.75, 3.05) is 0 Å². The maximum atomic E-state index is 11.5. The van der Waals surface area contributed by atoms with Gasteiger partial charge in [0, 0.05) is 7.14 Å². The van der Waals surface area contributed by atoms with Crippen LogP contribution in [0.1, 0.15) is 17.0 Å². The highest BCUT2D eigenvalue weighted by Gasteiger charge is 2.22. The van der Waals surface area contributed by atoms with Gasteiger partial charge in [-0.25, -0.2) is 0 Å². The lowest BCUT2D eigenvalue weighted by molar-refractivity contribution is -0.138. The number of carboxylic acid groups (broad SMARTS) is 1. The zero-order chi connectivity index (χ0) is 14.7. The third kappa shape index (κ3) is 3.63. The van der Waals surface area contributed by atoms with Gasteiger partial charge in [0.15, 0.2) is 0 Å². The van der Waals surface area contributed by atoms with Crippen molar-refractivity contribution < 1.29 is 15.0 Å². The Morgan fingerprint density at radius 3 is 2.15 bits per heavy atom. The fourth-order valence-electron chi connectivity index (χ4n) is 2.02. The second kappa shape index (κ2) is 6.75. The van der Waals surface area contributed by atoms with Crippen molar-refractivity contribution in [3.8, 4) is 5.75 Å². The van der Waals surface area contributed by atoms with E-state index in [2.05, 4.69) is 45.2 Å². The van der Waals surface area contributed by atoms with Gasteiger partial charge < -0.3 is 10.2 Å². The van der Waals surface area contributed by atoms with Crippen LogP contribution in [0.4, 0.5) is 0 Å². The topological polar surface area (TPSA) is 57.5 Å². The molecule has 1 atom stereocenters. The maximum Gasteiger partial charge on any atom is 0.311 e. The highest BCUT2D eigenvalue weighted by Crippen LogP contribution is 2.30. The van der Waals surface area contributed by atoms with Gasteiger partial charge in [-0.1, -0.05) is 30.3 Å². The van der Waals surface area contributed by atoms with Gasteiger partial charge in [-0.15, -0.1) is 0 Å². The number of carboxylic acids is 1. The van der Waals surface area contributed by atoms with Crippen molar-refractivity contribution in [3.63, 3.8) is 0 Å². The number of rotatable bonds is 4. The number of hydrogen-bond donors (Lipinski definition) is 2. The van der Waals surface area contributed by atoms with Crippen LogP contribution in [0.2, 0.25) is 0 Å². The van der Waals surface area contributed by atoms with Crippen molar-refractivity contribution in [1.29, 1.82) is 0 Å². The van der Waals surface area contributed by atoms with Crippen LogP contribution in [0.15, 0.2) is 42.5 Å². The summed E-state index contributed by atoms with van der Waals surface area (Å²) in [6.45, 7) is 0. The first-order valence-electron chi connectivity index (χ1n) is 5.93. The maximum absolute atomic E-state index is 11.5. The molecule has 0 spiro atoms. The fraction of sp³-hybridized carbons (Fsp3) is 0.133. The van der Waals surface area contributed by atoms with E-state index in [9.17, 15) is 15.0 Å². The third-order valence-corrected chi connectivity index (χ3v) is 4.96. The van der Waals surface area contributed by atoms with Crippen molar-refractivity contribution >= 4 is 51.2 Å². The Balaban J connectivity index is 2.38. The first-order chi connectivity index (χ1) is 9.49. The summed E-state index contributed by atoms with van der Waals surface area (Å²) in [5.74, 6) is -1.22. The predicted octanol–water partition coefficient (Wildman–Crippen LogP) is 4.01. The number of aromatic hydroxyl groups is 1. The second-order valence-electron chi connectivity index (χ2n) is 4.39. The van der Waals surface area contributed by atoms with E-state index in [1.807, 2.05) is 30.3 Å². The lowest BCUT2D eigenvalue weighted by atomic mass is 9.92. The minimum absolute atomic E-state index is 0.203. The van der Waals surface area contributed by atoms with Crippen molar-refractivity contribution in [2.24, 2.45) is 0 Å². The molecule has 0 unspecified atom stereocenters. The second-order valence-corrected chi connectivity index (χ2v) is 6.72. The first-order valence-corrected chi connectivity index (χ1v) is 8.09. The van der Waals surface area contributed by atoms with Gasteiger partial charge in [0.1, 0.15) is 5.75 Å². The van der Waals surface area contributed by atoms with Crippen LogP contribution in [0.3, 0.4) is 0 Å². The Kier molecular flexibility index (Phi) is 5.25. The SMILES string of the molecule is O=C(O)[C@H](Cc1c(I)cc(O)cc1I)c1ccccc1. The van der Waals surface area contributed by atoms with Crippen LogP contribution in [-0.4, -0.2) is 16.2 Å². The smallest absolute Gasteiger partial charge is 0.311 e. The summed E-state index contributed by atoms with van der Waals surface area (Å²) in [5.41, 5.74) is 1.75. The van der Waals surface area contributed by atoms with E-state index in [0.29, 0.717) is 6.42 Å². The number of hydrogen-bond acceptors (Lipinski definition) is 2. The molecule has 0 aliphatic rings. The molecule has 5 heteroatoms. The lowest BCUT2D eigenvalue weighted by Crippen LogP contribution is -2.15. The number of benzene rings is 2. The molecular weight excluding hydrogens is 482 g/mol. The van der Waals surface area contributed by atoms with Gasteiger partial charge in [-0.2, -0.15) is 0 Å². The molecule has 104 valence electrons. The molecule has 3 nitrogen and oxygen atoms in total. The first kappa shape index (κ1) is 15.6. The minimum atomic E-state index is -0.837. The molecular formula is C15H12I2O3. The van der Waals surface area contributed by atoms with E-state index < -0.39 is 11.9 Å². The largest absolute Gasteiger partial charge is 0.508 e. The van der Waals surface area contributed by atoms with Crippen LogP contribution in [0.25, 0.3) is 0 Å². The molecule has 2 aromatic rings. The van der Waals surface area contributed by atoms with Gasteiger partial charge in [0.25, 0.3) is 0 Å². The Morgan fingerprint density at radius 1 is 1.10 bits per heavy atom. The molecule has 20 heavy (non-hydrogen) atoms. The van der Waals surface area contributed by atoms with E-state index in [0.717, 1.165) is 18.3 Å². The molecule has 0 aliphatic heterocycles. The van der Waals surface area contributed by atoms with Crippen molar-refractivity contribution in [1.82, 2.24) is 0 Å². The number of carbonyl (C=O) groups is 1. The molecule has 0 fully saturated rings. The van der Waals surface area contributed by atoms with Crippen molar-refractivity contribution in [3.05, 3.63) is 60.7 Å². The molecule has 0 heterocycles. The Morgan fingerprint density at radius 2 is 1.65 bits per heavy atom. The summed E-state index contributed by atoms with van der Waals surface area (Å²) in [4.78, 5) is 11.5. The Hall–Kier alpha value is -0.830. The van der Waals surface area contributed by atoms with Gasteiger partial charge in [0.05, 0.1) is 5.92 Å². The number of phenolic OH excluding ortho intramolecular Hbond substituents is 1. The zero-order valence-corrected chi connectivity index (χ0v) is 14.7. The van der Waals surface area contributed by atoms with E-state index in [1.165, 1.54) is 0 Å². The molecule has 0 saturated heterocycles. The highest BCUT2D eigenvalue weighted by atomic mass is 127. The lowest BCUT2D eigenvalue weighted by Gasteiger charge is -2.15. The minimum Gasteiger partial charge on any atom is -0.508 e. The van der Waals surface area contributed by atoms with Gasteiger partial charge in [-0.05, 0) is 74.9 Å². The molecule has 2 rings (SSSR count). The van der Waals surface area contributed by atoms with Crippen LogP contribution < -0.4 is 0 Å². The van der Waals surface area contributed by atoms with E-state index >= 15 is 0 Å². The quantitative estimate of drug-likeness (QED) is 0.633. The molecule has 0 radical (unpaired) electrons. The average molecular weight is 494 g/mol. The van der Waals surface area contributed by atoms with Crippen LogP contribution in [0.5, 0.6) is 5.75 Å². The number of phenols is 1. The van der Waals surface area contributed by atoms with Crippen molar-refractivity contribution in [2.45, 2.75) is 12.3 Å². The summed E-state index contributed by atoms with van der Waals surface area (Å²) < 4.78 is 1.77. The standard InChI is InChI=1S/C15H12I2O3/c16-13-6-10(18)7-14(17)12(13)8-11(15(19)20)9-4-2-1-3-5-9/h1-7,11,18H,8H2,(H,19,20)/t11-/m1/s1. The summed E-state index contributed by atoms with van der Waals surface area (Å²) >= 11 is 4.26. The molecule has 2 aromatic carbocycles. The Bertz CT molecular complexity index is 603. The van der Waals surface area contributed by atoms with Crippen LogP contribution >= 0.6 is 45.2 Å². The normalized spacial score (nSPS) is 12.1. The fourth-order valence-corrected chi connectivity index (χ4v) is 4.20. The average Bonchev–Trinajstić information content (AvgIpc) is 2.38. The van der Waals surface area contributed by atoms with E-state index in [4.69, 9.17) is 0 Å². The van der Waals surface area contributed by atoms with E-state index in [1.54, 1.807) is 12.1 Å². The summed E-state index contributed by atoms with van der Waals surface area (Å²) in [6.07, 6.45) is 0.413. The Labute approximate surface area is 144 Å². The molecule has 0 amide bonds. The summed E-state index contributed by atoms with van der Waals surface area (Å²) in [7, 11) is 0. The monoisotopic (exact) mass is 494 g/mol. The van der Waals surface area contributed by atoms with E-state index in [-0.39, 0.29) is 5.75 Å². The van der Waals surface area contributed by atoms with Gasteiger partial charge in [-0.3, -0.25) is 4.79 Å². The molecule has 0 aliphatic carbocycles. The molecule has 0 aromatic heterocycles.